The van der Waals surface area contributed by atoms with Gasteiger partial charge < -0.3 is 16.2 Å². The van der Waals surface area contributed by atoms with Gasteiger partial charge in [-0.1, -0.05) is 25.5 Å². The second-order valence-corrected chi connectivity index (χ2v) is 5.15. The van der Waals surface area contributed by atoms with E-state index in [0.717, 1.165) is 43.7 Å². The maximum Gasteiger partial charge on any atom is 0.231 e. The highest BCUT2D eigenvalue weighted by atomic mass is 16.5. The van der Waals surface area contributed by atoms with E-state index < -0.39 is 0 Å². The Labute approximate surface area is 127 Å². The highest BCUT2D eigenvalue weighted by Gasteiger charge is 2.07. The zero-order chi connectivity index (χ0) is 15.5. The smallest absolute Gasteiger partial charge is 0.231 e. The number of primary amides is 1. The number of carbonyl (C=O) groups excluding carboxylic acids is 1. The molecule has 0 saturated heterocycles. The Morgan fingerprint density at radius 2 is 1.86 bits per heavy atom. The number of benzene rings is 1. The zero-order valence-electron chi connectivity index (χ0n) is 12.9. The summed E-state index contributed by atoms with van der Waals surface area (Å²) in [6, 6.07) is 7.80. The van der Waals surface area contributed by atoms with Crippen LogP contribution in [0.3, 0.4) is 0 Å². The number of hydrogen-bond donors (Lipinski definition) is 2. The molecule has 0 aliphatic rings. The zero-order valence-corrected chi connectivity index (χ0v) is 12.9. The second kappa shape index (κ2) is 10.2. The molecule has 0 spiro atoms. The Kier molecular flexibility index (Phi) is 8.47. The molecule has 0 unspecified atom stereocenters. The molecule has 21 heavy (non-hydrogen) atoms. The van der Waals surface area contributed by atoms with Crippen LogP contribution in [0, 0.1) is 0 Å². The van der Waals surface area contributed by atoms with Crippen molar-refractivity contribution in [1.82, 2.24) is 4.90 Å². The lowest BCUT2D eigenvalue weighted by molar-refractivity contribution is -0.119. The van der Waals surface area contributed by atoms with Crippen molar-refractivity contribution in [3.8, 4) is 5.75 Å². The molecule has 0 heterocycles. The summed E-state index contributed by atoms with van der Waals surface area (Å²) in [7, 11) is 0. The van der Waals surface area contributed by atoms with E-state index in [1.165, 1.54) is 0 Å². The molecule has 5 heteroatoms. The Bertz CT molecular complexity index is 406. The van der Waals surface area contributed by atoms with E-state index in [0.29, 0.717) is 19.7 Å². The maximum atomic E-state index is 11.0. The first-order chi connectivity index (χ1) is 10.2. The van der Waals surface area contributed by atoms with Gasteiger partial charge in [-0.25, -0.2) is 0 Å². The lowest BCUT2D eigenvalue weighted by Gasteiger charge is -2.20. The van der Waals surface area contributed by atoms with Gasteiger partial charge in [0.2, 0.25) is 5.91 Å². The molecule has 0 atom stereocenters. The van der Waals surface area contributed by atoms with Crippen molar-refractivity contribution in [2.24, 2.45) is 11.5 Å². The van der Waals surface area contributed by atoms with Crippen LogP contribution < -0.4 is 16.2 Å². The van der Waals surface area contributed by atoms with Crippen molar-refractivity contribution in [2.75, 3.05) is 26.2 Å². The minimum absolute atomic E-state index is 0.274. The molecule has 4 N–H and O–H groups in total. The van der Waals surface area contributed by atoms with Gasteiger partial charge in [0.1, 0.15) is 5.75 Å². The Balaban J connectivity index is 2.27. The molecular weight excluding hydrogens is 266 g/mol. The summed E-state index contributed by atoms with van der Waals surface area (Å²) in [6.45, 7) is 5.36. The molecule has 1 rings (SSSR count). The number of ether oxygens (including phenoxy) is 1. The SMILES string of the molecule is CCCCN(CCCOc1ccc(CN)cc1)CC(N)=O. The van der Waals surface area contributed by atoms with Crippen LogP contribution in [0.25, 0.3) is 0 Å². The van der Waals surface area contributed by atoms with Gasteiger partial charge in [-0.2, -0.15) is 0 Å². The molecule has 0 aromatic heterocycles. The van der Waals surface area contributed by atoms with Crippen LogP contribution in [-0.2, 0) is 11.3 Å². The van der Waals surface area contributed by atoms with Gasteiger partial charge in [0.05, 0.1) is 13.2 Å². The van der Waals surface area contributed by atoms with E-state index in [1.807, 2.05) is 24.3 Å². The third kappa shape index (κ3) is 7.68. The Morgan fingerprint density at radius 3 is 2.43 bits per heavy atom. The van der Waals surface area contributed by atoms with Crippen molar-refractivity contribution in [1.29, 1.82) is 0 Å². The second-order valence-electron chi connectivity index (χ2n) is 5.15. The summed E-state index contributed by atoms with van der Waals surface area (Å²) >= 11 is 0. The Morgan fingerprint density at radius 1 is 1.19 bits per heavy atom. The molecule has 5 nitrogen and oxygen atoms in total. The topological polar surface area (TPSA) is 81.6 Å². The van der Waals surface area contributed by atoms with Crippen LogP contribution in [-0.4, -0.2) is 37.0 Å². The number of nitrogens with zero attached hydrogens (tertiary/aromatic N) is 1. The normalized spacial score (nSPS) is 10.8. The fourth-order valence-corrected chi connectivity index (χ4v) is 2.07. The molecule has 0 radical (unpaired) electrons. The van der Waals surface area contributed by atoms with Gasteiger partial charge in [-0.3, -0.25) is 9.69 Å². The molecule has 0 saturated carbocycles. The largest absolute Gasteiger partial charge is 0.494 e. The van der Waals surface area contributed by atoms with Crippen molar-refractivity contribution in [3.05, 3.63) is 29.8 Å². The van der Waals surface area contributed by atoms with E-state index in [-0.39, 0.29) is 5.91 Å². The first-order valence-electron chi connectivity index (χ1n) is 7.58. The van der Waals surface area contributed by atoms with Gasteiger partial charge in [0.15, 0.2) is 0 Å². The lowest BCUT2D eigenvalue weighted by atomic mass is 10.2. The first kappa shape index (κ1) is 17.5. The summed E-state index contributed by atoms with van der Waals surface area (Å²) in [5.74, 6) is 0.576. The fraction of sp³-hybridized carbons (Fsp3) is 0.562. The van der Waals surface area contributed by atoms with Crippen LogP contribution in [0.4, 0.5) is 0 Å². The van der Waals surface area contributed by atoms with Crippen molar-refractivity contribution in [3.63, 3.8) is 0 Å². The summed E-state index contributed by atoms with van der Waals surface area (Å²) in [5.41, 5.74) is 11.9. The van der Waals surface area contributed by atoms with Gasteiger partial charge in [0.25, 0.3) is 0 Å². The first-order valence-corrected chi connectivity index (χ1v) is 7.58. The number of rotatable bonds is 11. The molecule has 0 aliphatic heterocycles. The highest BCUT2D eigenvalue weighted by Crippen LogP contribution is 2.12. The van der Waals surface area contributed by atoms with Crippen LogP contribution in [0.1, 0.15) is 31.7 Å². The van der Waals surface area contributed by atoms with E-state index in [2.05, 4.69) is 11.8 Å². The van der Waals surface area contributed by atoms with Crippen molar-refractivity contribution < 1.29 is 9.53 Å². The average molecular weight is 293 g/mol. The van der Waals surface area contributed by atoms with Gasteiger partial charge in [-0.05, 0) is 37.1 Å². The third-order valence-electron chi connectivity index (χ3n) is 3.25. The number of carbonyl (C=O) groups is 1. The van der Waals surface area contributed by atoms with Crippen LogP contribution in [0.15, 0.2) is 24.3 Å². The number of hydrogen-bond acceptors (Lipinski definition) is 4. The minimum Gasteiger partial charge on any atom is -0.494 e. The minimum atomic E-state index is -0.274. The van der Waals surface area contributed by atoms with Gasteiger partial charge in [-0.15, -0.1) is 0 Å². The van der Waals surface area contributed by atoms with E-state index in [4.69, 9.17) is 16.2 Å². The van der Waals surface area contributed by atoms with Gasteiger partial charge >= 0.3 is 0 Å². The molecule has 0 aliphatic carbocycles. The van der Waals surface area contributed by atoms with Crippen LogP contribution in [0.5, 0.6) is 5.75 Å². The summed E-state index contributed by atoms with van der Waals surface area (Å²) in [5, 5.41) is 0. The fourth-order valence-electron chi connectivity index (χ4n) is 2.07. The van der Waals surface area contributed by atoms with Crippen LogP contribution >= 0.6 is 0 Å². The molecule has 0 fully saturated rings. The number of nitrogens with two attached hydrogens (primary N) is 2. The molecule has 0 bridgehead atoms. The highest BCUT2D eigenvalue weighted by molar-refractivity contribution is 5.75. The van der Waals surface area contributed by atoms with Gasteiger partial charge in [0, 0.05) is 13.1 Å². The van der Waals surface area contributed by atoms with E-state index in [1.54, 1.807) is 0 Å². The van der Waals surface area contributed by atoms with Crippen molar-refractivity contribution in [2.45, 2.75) is 32.7 Å². The number of amides is 1. The average Bonchev–Trinajstić information content (AvgIpc) is 2.49. The maximum absolute atomic E-state index is 11.0. The predicted molar refractivity (Wildman–Crippen MR) is 85.0 cm³/mol. The quantitative estimate of drug-likeness (QED) is 0.606. The lowest BCUT2D eigenvalue weighted by Crippen LogP contribution is -2.35. The third-order valence-corrected chi connectivity index (χ3v) is 3.25. The van der Waals surface area contributed by atoms with E-state index in [9.17, 15) is 4.79 Å². The molecule has 118 valence electrons. The molecule has 1 aromatic rings. The Hall–Kier alpha value is -1.59. The monoisotopic (exact) mass is 293 g/mol. The standard InChI is InChI=1S/C16H27N3O2/c1-2-3-9-19(13-16(18)20)10-4-11-21-15-7-5-14(12-17)6-8-15/h5-8H,2-4,9-13,17H2,1H3,(H2,18,20). The number of unbranched alkanes of at least 4 members (excludes halogenated alkanes) is 1. The molecular formula is C16H27N3O2. The van der Waals surface area contributed by atoms with Crippen molar-refractivity contribution >= 4 is 5.91 Å². The molecule has 1 amide bonds. The summed E-state index contributed by atoms with van der Waals surface area (Å²) in [4.78, 5) is 13.1. The van der Waals surface area contributed by atoms with E-state index >= 15 is 0 Å². The summed E-state index contributed by atoms with van der Waals surface area (Å²) < 4.78 is 5.68. The molecule has 1 aromatic carbocycles. The predicted octanol–water partition coefficient (Wildman–Crippen LogP) is 1.50. The van der Waals surface area contributed by atoms with Crippen LogP contribution in [0.2, 0.25) is 0 Å². The summed E-state index contributed by atoms with van der Waals surface area (Å²) in [6.07, 6.45) is 3.06.